The van der Waals surface area contributed by atoms with Crippen LogP contribution in [0.2, 0.25) is 0 Å². The summed E-state index contributed by atoms with van der Waals surface area (Å²) in [6, 6.07) is 0. The van der Waals surface area contributed by atoms with Gasteiger partial charge in [-0.2, -0.15) is 0 Å². The summed E-state index contributed by atoms with van der Waals surface area (Å²) in [7, 11) is 0. The molecule has 0 atom stereocenters. The highest BCUT2D eigenvalue weighted by Crippen LogP contribution is 2.18. The van der Waals surface area contributed by atoms with Crippen molar-refractivity contribution in [3.63, 3.8) is 0 Å². The molecule has 1 fully saturated rings. The molecule has 4 heteroatoms. The molecule has 4 nitrogen and oxygen atoms in total. The largest absolute Gasteiger partial charge is 0.376 e. The highest BCUT2D eigenvalue weighted by molar-refractivity contribution is 5.83. The number of hydrogen-bond acceptors (Lipinski definition) is 4. The Morgan fingerprint density at radius 2 is 1.35 bits per heavy atom. The first-order chi connectivity index (χ1) is 10.6. The van der Waals surface area contributed by atoms with Gasteiger partial charge in [0.25, 0.3) is 0 Å². The predicted molar refractivity (Wildman–Crippen MR) is 96.9 cm³/mol. The van der Waals surface area contributed by atoms with Gasteiger partial charge < -0.3 is 14.5 Å². The molecule has 136 valence electrons. The van der Waals surface area contributed by atoms with Crippen LogP contribution in [0.25, 0.3) is 0 Å². The van der Waals surface area contributed by atoms with Crippen LogP contribution in [0.15, 0.2) is 0 Å². The van der Waals surface area contributed by atoms with Crippen molar-refractivity contribution in [1.82, 2.24) is 9.80 Å². The minimum atomic E-state index is -0.187. The normalized spacial score (nSPS) is 18.3. The molecule has 1 heterocycles. The van der Waals surface area contributed by atoms with Gasteiger partial charge in [-0.05, 0) is 40.2 Å². The lowest BCUT2D eigenvalue weighted by molar-refractivity contribution is -0.126. The van der Waals surface area contributed by atoms with E-state index in [0.29, 0.717) is 12.2 Å². The molecule has 0 bridgehead atoms. The number of ether oxygens (including phenoxy) is 1. The molecule has 0 aromatic heterocycles. The number of rotatable bonds is 8. The predicted octanol–water partition coefficient (Wildman–Crippen LogP) is 3.20. The number of Topliss-reactive ketones (excluding diaryl/α,β-unsaturated/α-hetero) is 1. The van der Waals surface area contributed by atoms with Gasteiger partial charge in [-0.15, -0.1) is 0 Å². The maximum Gasteiger partial charge on any atom is 0.138 e. The Kier molecular flexibility index (Phi) is 8.19. The number of hydrogen-bond donors (Lipinski definition) is 0. The molecule has 1 rings (SSSR count). The van der Waals surface area contributed by atoms with E-state index < -0.39 is 0 Å². The lowest BCUT2D eigenvalue weighted by Crippen LogP contribution is -2.47. The second-order valence-corrected chi connectivity index (χ2v) is 8.77. The summed E-state index contributed by atoms with van der Waals surface area (Å²) in [5.74, 6) is 0.384. The Labute approximate surface area is 143 Å². The van der Waals surface area contributed by atoms with Gasteiger partial charge in [-0.3, -0.25) is 4.79 Å². The van der Waals surface area contributed by atoms with E-state index in [-0.39, 0.29) is 11.0 Å². The summed E-state index contributed by atoms with van der Waals surface area (Å²) in [5.41, 5.74) is -0.211. The minimum absolute atomic E-state index is 0.0246. The van der Waals surface area contributed by atoms with Crippen LogP contribution in [0.1, 0.15) is 60.8 Å². The monoisotopic (exact) mass is 326 g/mol. The number of carbonyl (C=O) groups excluding carboxylic acids is 1. The zero-order chi connectivity index (χ0) is 17.5. The summed E-state index contributed by atoms with van der Waals surface area (Å²) in [4.78, 5) is 17.0. The van der Waals surface area contributed by atoms with Crippen molar-refractivity contribution in [2.45, 2.75) is 66.4 Å². The SMILES string of the molecule is CC(C)(C)OCCCN1CCN(CCCC(=O)C(C)(C)C)CC1. The fourth-order valence-electron chi connectivity index (χ4n) is 2.74. The second kappa shape index (κ2) is 9.14. The average Bonchev–Trinajstić information content (AvgIpc) is 2.43. The van der Waals surface area contributed by atoms with Gasteiger partial charge in [0.1, 0.15) is 5.78 Å². The van der Waals surface area contributed by atoms with Crippen molar-refractivity contribution in [1.29, 1.82) is 0 Å². The minimum Gasteiger partial charge on any atom is -0.376 e. The van der Waals surface area contributed by atoms with Crippen molar-refractivity contribution in [3.8, 4) is 0 Å². The Morgan fingerprint density at radius 3 is 1.78 bits per heavy atom. The molecular weight excluding hydrogens is 288 g/mol. The number of nitrogens with zero attached hydrogens (tertiary/aromatic N) is 2. The first-order valence-electron chi connectivity index (χ1n) is 9.20. The summed E-state index contributed by atoms with van der Waals surface area (Å²) >= 11 is 0. The highest BCUT2D eigenvalue weighted by atomic mass is 16.5. The lowest BCUT2D eigenvalue weighted by atomic mass is 9.88. The Bertz CT molecular complexity index is 347. The molecule has 0 radical (unpaired) electrons. The van der Waals surface area contributed by atoms with Gasteiger partial charge in [-0.25, -0.2) is 0 Å². The van der Waals surface area contributed by atoms with Crippen LogP contribution in [0.4, 0.5) is 0 Å². The molecule has 0 saturated carbocycles. The van der Waals surface area contributed by atoms with Crippen LogP contribution >= 0.6 is 0 Å². The molecule has 23 heavy (non-hydrogen) atoms. The van der Waals surface area contributed by atoms with Crippen LogP contribution in [-0.4, -0.2) is 67.1 Å². The van der Waals surface area contributed by atoms with E-state index in [1.54, 1.807) is 0 Å². The molecule has 0 unspecified atom stereocenters. The lowest BCUT2D eigenvalue weighted by Gasteiger charge is -2.35. The molecule has 0 spiro atoms. The van der Waals surface area contributed by atoms with E-state index in [2.05, 4.69) is 30.6 Å². The van der Waals surface area contributed by atoms with Crippen molar-refractivity contribution >= 4 is 5.78 Å². The first kappa shape index (κ1) is 20.6. The summed E-state index contributed by atoms with van der Waals surface area (Å²) in [6.45, 7) is 19.9. The molecule has 1 saturated heterocycles. The van der Waals surface area contributed by atoms with Gasteiger partial charge >= 0.3 is 0 Å². The van der Waals surface area contributed by atoms with Gasteiger partial charge in [0.15, 0.2) is 0 Å². The highest BCUT2D eigenvalue weighted by Gasteiger charge is 2.21. The first-order valence-corrected chi connectivity index (χ1v) is 9.20. The van der Waals surface area contributed by atoms with Crippen LogP contribution < -0.4 is 0 Å². The molecular formula is C19H38N2O2. The third-order valence-corrected chi connectivity index (χ3v) is 4.33. The Hall–Kier alpha value is -0.450. The van der Waals surface area contributed by atoms with Gasteiger partial charge in [-0.1, -0.05) is 20.8 Å². The number of piperazine rings is 1. The van der Waals surface area contributed by atoms with Crippen molar-refractivity contribution in [3.05, 3.63) is 0 Å². The van der Waals surface area contributed by atoms with E-state index in [1.165, 1.54) is 0 Å². The molecule has 0 aromatic rings. The number of carbonyl (C=O) groups is 1. The van der Waals surface area contributed by atoms with E-state index in [1.807, 2.05) is 20.8 Å². The smallest absolute Gasteiger partial charge is 0.138 e. The van der Waals surface area contributed by atoms with E-state index in [9.17, 15) is 4.79 Å². The van der Waals surface area contributed by atoms with Crippen molar-refractivity contribution in [2.24, 2.45) is 5.41 Å². The molecule has 0 aromatic carbocycles. The third kappa shape index (κ3) is 9.43. The van der Waals surface area contributed by atoms with Crippen molar-refractivity contribution < 1.29 is 9.53 Å². The van der Waals surface area contributed by atoms with Gasteiger partial charge in [0.2, 0.25) is 0 Å². The Morgan fingerprint density at radius 1 is 0.870 bits per heavy atom. The summed E-state index contributed by atoms with van der Waals surface area (Å²) < 4.78 is 5.78. The molecule has 0 amide bonds. The van der Waals surface area contributed by atoms with E-state index >= 15 is 0 Å². The van der Waals surface area contributed by atoms with Crippen LogP contribution in [0, 0.1) is 5.41 Å². The topological polar surface area (TPSA) is 32.8 Å². The fraction of sp³-hybridized carbons (Fsp3) is 0.947. The molecule has 1 aliphatic rings. The summed E-state index contributed by atoms with van der Waals surface area (Å²) in [5, 5.41) is 0. The standard InChI is InChI=1S/C19H38N2O2/c1-18(2,3)17(22)9-7-10-20-12-14-21(15-13-20)11-8-16-23-19(4,5)6/h7-16H2,1-6H3. The zero-order valence-corrected chi connectivity index (χ0v) is 16.3. The van der Waals surface area contributed by atoms with Crippen molar-refractivity contribution in [2.75, 3.05) is 45.9 Å². The number of ketones is 1. The molecule has 1 aliphatic heterocycles. The fourth-order valence-corrected chi connectivity index (χ4v) is 2.74. The van der Waals surface area contributed by atoms with E-state index in [4.69, 9.17) is 4.74 Å². The Balaban J connectivity index is 2.08. The quantitative estimate of drug-likeness (QED) is 0.641. The van der Waals surface area contributed by atoms with Gasteiger partial charge in [0, 0.05) is 51.2 Å². The van der Waals surface area contributed by atoms with E-state index in [0.717, 1.165) is 58.7 Å². The molecule has 0 N–H and O–H groups in total. The van der Waals surface area contributed by atoms with Crippen LogP contribution in [-0.2, 0) is 9.53 Å². The summed E-state index contributed by atoms with van der Waals surface area (Å²) in [6.07, 6.45) is 2.82. The maximum absolute atomic E-state index is 11.9. The second-order valence-electron chi connectivity index (χ2n) is 8.77. The molecule has 0 aliphatic carbocycles. The average molecular weight is 327 g/mol. The maximum atomic E-state index is 11.9. The van der Waals surface area contributed by atoms with Crippen LogP contribution in [0.5, 0.6) is 0 Å². The van der Waals surface area contributed by atoms with Crippen LogP contribution in [0.3, 0.4) is 0 Å². The van der Waals surface area contributed by atoms with Gasteiger partial charge in [0.05, 0.1) is 5.60 Å². The third-order valence-electron chi connectivity index (χ3n) is 4.33. The zero-order valence-electron chi connectivity index (χ0n) is 16.3.